The first-order valence-electron chi connectivity index (χ1n) is 6.01. The van der Waals surface area contributed by atoms with Crippen LogP contribution in [0.3, 0.4) is 0 Å². The molecular weight excluding hydrogens is 204 g/mol. The Morgan fingerprint density at radius 2 is 1.88 bits per heavy atom. The van der Waals surface area contributed by atoms with Gasteiger partial charge in [-0.25, -0.2) is 0 Å². The lowest BCUT2D eigenvalue weighted by molar-refractivity contribution is -0.133. The van der Waals surface area contributed by atoms with Gasteiger partial charge in [0.05, 0.1) is 5.92 Å². The smallest absolute Gasteiger partial charge is 0.225 e. The van der Waals surface area contributed by atoms with Crippen LogP contribution in [0.5, 0.6) is 0 Å². The number of hydrogen-bond donors (Lipinski definition) is 1. The molecule has 1 N–H and O–H groups in total. The minimum absolute atomic E-state index is 0.0203. The Labute approximate surface area is 97.4 Å². The average Bonchev–Trinajstić information content (AvgIpc) is 2.63. The SMILES string of the molecule is CC(C)NC(=O)[C@H]1CCN(C(=O)C(C)C)C1. The highest BCUT2D eigenvalue weighted by Gasteiger charge is 2.31. The van der Waals surface area contributed by atoms with Crippen LogP contribution in [-0.2, 0) is 9.59 Å². The fourth-order valence-corrected chi connectivity index (χ4v) is 1.94. The molecule has 0 aromatic carbocycles. The molecule has 1 rings (SSSR count). The fraction of sp³-hybridized carbons (Fsp3) is 0.833. The summed E-state index contributed by atoms with van der Waals surface area (Å²) < 4.78 is 0. The van der Waals surface area contributed by atoms with Crippen molar-refractivity contribution in [1.29, 1.82) is 0 Å². The van der Waals surface area contributed by atoms with Crippen molar-refractivity contribution in [3.8, 4) is 0 Å². The molecule has 1 atom stereocenters. The topological polar surface area (TPSA) is 49.4 Å². The van der Waals surface area contributed by atoms with E-state index in [0.717, 1.165) is 6.42 Å². The van der Waals surface area contributed by atoms with E-state index < -0.39 is 0 Å². The van der Waals surface area contributed by atoms with Crippen molar-refractivity contribution < 1.29 is 9.59 Å². The van der Waals surface area contributed by atoms with E-state index in [0.29, 0.717) is 13.1 Å². The molecule has 0 unspecified atom stereocenters. The second-order valence-corrected chi connectivity index (χ2v) is 5.09. The first-order valence-corrected chi connectivity index (χ1v) is 6.01. The maximum absolute atomic E-state index is 11.7. The van der Waals surface area contributed by atoms with Gasteiger partial charge in [0.1, 0.15) is 0 Å². The molecule has 1 saturated heterocycles. The maximum Gasteiger partial charge on any atom is 0.225 e. The molecule has 1 heterocycles. The molecule has 92 valence electrons. The van der Waals surface area contributed by atoms with Crippen LogP contribution in [0.1, 0.15) is 34.1 Å². The molecule has 0 aliphatic carbocycles. The molecule has 1 fully saturated rings. The van der Waals surface area contributed by atoms with Crippen molar-refractivity contribution >= 4 is 11.8 Å². The van der Waals surface area contributed by atoms with Gasteiger partial charge >= 0.3 is 0 Å². The number of likely N-dealkylation sites (tertiary alicyclic amines) is 1. The standard InChI is InChI=1S/C12H22N2O2/c1-8(2)12(16)14-6-5-10(7-14)11(15)13-9(3)4/h8-10H,5-7H2,1-4H3,(H,13,15)/t10-/m0/s1. The lowest BCUT2D eigenvalue weighted by Gasteiger charge is -2.19. The van der Waals surface area contributed by atoms with Crippen LogP contribution in [-0.4, -0.2) is 35.8 Å². The van der Waals surface area contributed by atoms with Crippen LogP contribution in [0.2, 0.25) is 0 Å². The Hall–Kier alpha value is -1.06. The van der Waals surface area contributed by atoms with Crippen molar-refractivity contribution in [2.75, 3.05) is 13.1 Å². The predicted octanol–water partition coefficient (Wildman–Crippen LogP) is 1.02. The number of carbonyl (C=O) groups excluding carboxylic acids is 2. The molecular formula is C12H22N2O2. The molecule has 1 aliphatic heterocycles. The Bertz CT molecular complexity index is 274. The first kappa shape index (κ1) is 13.0. The monoisotopic (exact) mass is 226 g/mol. The number of nitrogens with zero attached hydrogens (tertiary/aromatic N) is 1. The van der Waals surface area contributed by atoms with Crippen LogP contribution in [0, 0.1) is 11.8 Å². The van der Waals surface area contributed by atoms with Crippen molar-refractivity contribution in [3.05, 3.63) is 0 Å². The van der Waals surface area contributed by atoms with E-state index >= 15 is 0 Å². The second-order valence-electron chi connectivity index (χ2n) is 5.09. The molecule has 1 aliphatic rings. The average molecular weight is 226 g/mol. The quantitative estimate of drug-likeness (QED) is 0.781. The van der Waals surface area contributed by atoms with Crippen molar-refractivity contribution in [3.63, 3.8) is 0 Å². The zero-order chi connectivity index (χ0) is 12.3. The largest absolute Gasteiger partial charge is 0.354 e. The van der Waals surface area contributed by atoms with Crippen LogP contribution in [0.4, 0.5) is 0 Å². The van der Waals surface area contributed by atoms with E-state index in [4.69, 9.17) is 0 Å². The van der Waals surface area contributed by atoms with Crippen LogP contribution < -0.4 is 5.32 Å². The van der Waals surface area contributed by atoms with E-state index in [1.54, 1.807) is 4.90 Å². The van der Waals surface area contributed by atoms with E-state index in [1.165, 1.54) is 0 Å². The summed E-state index contributed by atoms with van der Waals surface area (Å²) in [5, 5.41) is 2.90. The van der Waals surface area contributed by atoms with Crippen molar-refractivity contribution in [2.45, 2.75) is 40.2 Å². The number of rotatable bonds is 3. The molecule has 2 amide bonds. The third-order valence-electron chi connectivity index (χ3n) is 2.80. The van der Waals surface area contributed by atoms with E-state index in [1.807, 2.05) is 27.7 Å². The van der Waals surface area contributed by atoms with Gasteiger partial charge in [0.15, 0.2) is 0 Å². The van der Waals surface area contributed by atoms with Crippen LogP contribution in [0.15, 0.2) is 0 Å². The van der Waals surface area contributed by atoms with Gasteiger partial charge in [-0.15, -0.1) is 0 Å². The maximum atomic E-state index is 11.7. The lowest BCUT2D eigenvalue weighted by atomic mass is 10.1. The summed E-state index contributed by atoms with van der Waals surface area (Å²) in [5.41, 5.74) is 0. The van der Waals surface area contributed by atoms with Gasteiger partial charge in [-0.2, -0.15) is 0 Å². The molecule has 0 radical (unpaired) electrons. The lowest BCUT2D eigenvalue weighted by Crippen LogP contribution is -2.38. The van der Waals surface area contributed by atoms with Gasteiger partial charge in [-0.05, 0) is 20.3 Å². The normalized spacial score (nSPS) is 20.6. The van der Waals surface area contributed by atoms with Gasteiger partial charge < -0.3 is 10.2 Å². The molecule has 0 aromatic heterocycles. The van der Waals surface area contributed by atoms with Gasteiger partial charge in [0, 0.05) is 25.0 Å². The Kier molecular flexibility index (Phi) is 4.33. The van der Waals surface area contributed by atoms with Crippen molar-refractivity contribution in [2.24, 2.45) is 11.8 Å². The van der Waals surface area contributed by atoms with Gasteiger partial charge in [-0.3, -0.25) is 9.59 Å². The molecule has 0 aromatic rings. The molecule has 4 nitrogen and oxygen atoms in total. The summed E-state index contributed by atoms with van der Waals surface area (Å²) in [6, 6.07) is 0.169. The number of hydrogen-bond acceptors (Lipinski definition) is 2. The fourth-order valence-electron chi connectivity index (χ4n) is 1.94. The summed E-state index contributed by atoms with van der Waals surface area (Å²) in [7, 11) is 0. The highest BCUT2D eigenvalue weighted by Crippen LogP contribution is 2.18. The summed E-state index contributed by atoms with van der Waals surface area (Å²) in [5.74, 6) is 0.228. The molecule has 4 heteroatoms. The Morgan fingerprint density at radius 1 is 1.25 bits per heavy atom. The second kappa shape index (κ2) is 5.32. The summed E-state index contributed by atoms with van der Waals surface area (Å²) in [4.78, 5) is 25.3. The summed E-state index contributed by atoms with van der Waals surface area (Å²) >= 11 is 0. The number of amides is 2. The summed E-state index contributed by atoms with van der Waals surface area (Å²) in [6.07, 6.45) is 0.789. The molecule has 16 heavy (non-hydrogen) atoms. The number of nitrogens with one attached hydrogen (secondary N) is 1. The zero-order valence-electron chi connectivity index (χ0n) is 10.6. The Balaban J connectivity index is 2.46. The molecule has 0 saturated carbocycles. The number of carbonyl (C=O) groups is 2. The van der Waals surface area contributed by atoms with Gasteiger partial charge in [-0.1, -0.05) is 13.8 Å². The molecule has 0 spiro atoms. The van der Waals surface area contributed by atoms with Crippen LogP contribution in [0.25, 0.3) is 0 Å². The zero-order valence-corrected chi connectivity index (χ0v) is 10.6. The Morgan fingerprint density at radius 3 is 2.38 bits per heavy atom. The van der Waals surface area contributed by atoms with Crippen LogP contribution >= 0.6 is 0 Å². The van der Waals surface area contributed by atoms with Gasteiger partial charge in [0.25, 0.3) is 0 Å². The molecule has 0 bridgehead atoms. The third-order valence-corrected chi connectivity index (χ3v) is 2.80. The van der Waals surface area contributed by atoms with E-state index in [-0.39, 0.29) is 29.7 Å². The van der Waals surface area contributed by atoms with Crippen molar-refractivity contribution in [1.82, 2.24) is 10.2 Å². The third kappa shape index (κ3) is 3.22. The minimum Gasteiger partial charge on any atom is -0.354 e. The predicted molar refractivity (Wildman–Crippen MR) is 62.8 cm³/mol. The minimum atomic E-state index is -0.0231. The van der Waals surface area contributed by atoms with E-state index in [2.05, 4.69) is 5.32 Å². The first-order chi connectivity index (χ1) is 7.41. The van der Waals surface area contributed by atoms with E-state index in [9.17, 15) is 9.59 Å². The van der Waals surface area contributed by atoms with Gasteiger partial charge in [0.2, 0.25) is 11.8 Å². The highest BCUT2D eigenvalue weighted by atomic mass is 16.2. The highest BCUT2D eigenvalue weighted by molar-refractivity contribution is 5.82. The summed E-state index contributed by atoms with van der Waals surface area (Å²) in [6.45, 7) is 8.98.